The highest BCUT2D eigenvalue weighted by Crippen LogP contribution is 2.18. The van der Waals surface area contributed by atoms with Crippen LogP contribution in [0.3, 0.4) is 0 Å². The Kier molecular flexibility index (Phi) is 4.19. The molecule has 8 nitrogen and oxygen atoms in total. The predicted octanol–water partition coefficient (Wildman–Crippen LogP) is 1.85. The Labute approximate surface area is 138 Å². The minimum absolute atomic E-state index is 0.198. The van der Waals surface area contributed by atoms with Crippen LogP contribution >= 0.6 is 0 Å². The molecule has 0 unspecified atom stereocenters. The van der Waals surface area contributed by atoms with Gasteiger partial charge in [-0.05, 0) is 26.0 Å². The van der Waals surface area contributed by atoms with Crippen molar-refractivity contribution in [1.29, 1.82) is 0 Å². The molecular weight excluding hydrogens is 308 g/mol. The molecule has 3 rings (SSSR count). The molecule has 0 aliphatic carbocycles. The highest BCUT2D eigenvalue weighted by Gasteiger charge is 2.15. The Bertz CT molecular complexity index is 878. The smallest absolute Gasteiger partial charge is 0.259 e. The van der Waals surface area contributed by atoms with Crippen LogP contribution in [0.4, 0.5) is 0 Å². The van der Waals surface area contributed by atoms with Crippen LogP contribution in [0.5, 0.6) is 0 Å². The van der Waals surface area contributed by atoms with Gasteiger partial charge in [-0.25, -0.2) is 9.67 Å². The molecule has 1 amide bonds. The normalized spacial score (nSPS) is 10.6. The summed E-state index contributed by atoms with van der Waals surface area (Å²) in [6.45, 7) is 7.54. The number of nitrogens with zero attached hydrogens (tertiary/aromatic N) is 5. The zero-order valence-electron chi connectivity index (χ0n) is 13.4. The van der Waals surface area contributed by atoms with Crippen LogP contribution in [0, 0.1) is 13.8 Å². The fourth-order valence-electron chi connectivity index (χ4n) is 2.18. The molecule has 3 aromatic heterocycles. The number of rotatable bonds is 5. The van der Waals surface area contributed by atoms with Gasteiger partial charge in [0.1, 0.15) is 0 Å². The first kappa shape index (κ1) is 15.6. The number of amides is 1. The van der Waals surface area contributed by atoms with Gasteiger partial charge in [-0.2, -0.15) is 10.1 Å². The Hall–Kier alpha value is -3.29. The molecule has 1 N–H and O–H groups in total. The molecule has 0 aliphatic rings. The molecule has 0 fully saturated rings. The van der Waals surface area contributed by atoms with Gasteiger partial charge in [-0.3, -0.25) is 4.79 Å². The summed E-state index contributed by atoms with van der Waals surface area (Å²) in [7, 11) is 0. The first-order valence-electron chi connectivity index (χ1n) is 7.31. The molecule has 0 radical (unpaired) electrons. The molecule has 3 aromatic rings. The molecule has 0 aromatic carbocycles. The number of aryl methyl sites for hydroxylation is 1. The maximum Gasteiger partial charge on any atom is 0.259 e. The topological polar surface area (TPSA) is 98.7 Å². The monoisotopic (exact) mass is 324 g/mol. The first-order valence-corrected chi connectivity index (χ1v) is 7.31. The van der Waals surface area contributed by atoms with Crippen molar-refractivity contribution < 1.29 is 9.32 Å². The summed E-state index contributed by atoms with van der Waals surface area (Å²) in [5.74, 6) is 1.37. The van der Waals surface area contributed by atoms with Gasteiger partial charge in [0.25, 0.3) is 11.8 Å². The van der Waals surface area contributed by atoms with E-state index in [1.165, 1.54) is 6.20 Å². The molecule has 0 spiro atoms. The standard InChI is InChI=1S/C16H16N6O2/c1-4-7-17-15(23)13-9-19-22(10(13)2)14-6-5-12(8-18-14)16-20-11(3)21-24-16/h4-6,8-9H,1,7H2,2-3H3,(H,17,23). The van der Waals surface area contributed by atoms with E-state index < -0.39 is 0 Å². The number of carbonyl (C=O) groups excluding carboxylic acids is 1. The van der Waals surface area contributed by atoms with Crippen molar-refractivity contribution in [2.24, 2.45) is 0 Å². The fraction of sp³-hybridized carbons (Fsp3) is 0.188. The Morgan fingerprint density at radius 3 is 2.83 bits per heavy atom. The van der Waals surface area contributed by atoms with E-state index in [1.807, 2.05) is 13.0 Å². The minimum Gasteiger partial charge on any atom is -0.348 e. The Morgan fingerprint density at radius 2 is 2.21 bits per heavy atom. The number of hydrogen-bond donors (Lipinski definition) is 1. The predicted molar refractivity (Wildman–Crippen MR) is 86.7 cm³/mol. The van der Waals surface area contributed by atoms with E-state index in [2.05, 4.69) is 32.1 Å². The number of nitrogens with one attached hydrogen (secondary N) is 1. The van der Waals surface area contributed by atoms with E-state index in [1.54, 1.807) is 29.9 Å². The molecule has 0 bridgehead atoms. The van der Waals surface area contributed by atoms with Gasteiger partial charge in [0.15, 0.2) is 11.6 Å². The zero-order chi connectivity index (χ0) is 17.1. The van der Waals surface area contributed by atoms with Crippen LogP contribution in [0.25, 0.3) is 17.3 Å². The lowest BCUT2D eigenvalue weighted by Gasteiger charge is -2.05. The van der Waals surface area contributed by atoms with Crippen LogP contribution < -0.4 is 5.32 Å². The summed E-state index contributed by atoms with van der Waals surface area (Å²) in [5.41, 5.74) is 1.91. The number of hydrogen-bond acceptors (Lipinski definition) is 6. The van der Waals surface area contributed by atoms with Gasteiger partial charge >= 0.3 is 0 Å². The van der Waals surface area contributed by atoms with Crippen molar-refractivity contribution in [1.82, 2.24) is 30.2 Å². The summed E-state index contributed by atoms with van der Waals surface area (Å²) in [5, 5.41) is 10.7. The second kappa shape index (κ2) is 6.45. The fourth-order valence-corrected chi connectivity index (χ4v) is 2.18. The van der Waals surface area contributed by atoms with E-state index in [4.69, 9.17) is 4.52 Å². The van der Waals surface area contributed by atoms with Crippen molar-refractivity contribution in [2.75, 3.05) is 6.54 Å². The largest absolute Gasteiger partial charge is 0.348 e. The highest BCUT2D eigenvalue weighted by atomic mass is 16.5. The second-order valence-corrected chi connectivity index (χ2v) is 5.11. The summed E-state index contributed by atoms with van der Waals surface area (Å²) < 4.78 is 6.71. The maximum atomic E-state index is 12.1. The van der Waals surface area contributed by atoms with E-state index in [0.29, 0.717) is 40.9 Å². The lowest BCUT2D eigenvalue weighted by molar-refractivity contribution is 0.0957. The zero-order valence-corrected chi connectivity index (χ0v) is 13.4. The Balaban J connectivity index is 1.86. The summed E-state index contributed by atoms with van der Waals surface area (Å²) >= 11 is 0. The van der Waals surface area contributed by atoms with E-state index >= 15 is 0 Å². The third kappa shape index (κ3) is 2.94. The highest BCUT2D eigenvalue weighted by molar-refractivity contribution is 5.95. The molecular formula is C16H16N6O2. The summed E-state index contributed by atoms with van der Waals surface area (Å²) in [6, 6.07) is 3.59. The van der Waals surface area contributed by atoms with Crippen LogP contribution in [-0.4, -0.2) is 37.4 Å². The second-order valence-electron chi connectivity index (χ2n) is 5.11. The van der Waals surface area contributed by atoms with Crippen molar-refractivity contribution in [3.05, 3.63) is 54.3 Å². The van der Waals surface area contributed by atoms with Crippen LogP contribution in [0.1, 0.15) is 21.9 Å². The summed E-state index contributed by atoms with van der Waals surface area (Å²) in [6.07, 6.45) is 4.77. The van der Waals surface area contributed by atoms with Gasteiger partial charge in [0.2, 0.25) is 0 Å². The molecule has 0 aliphatic heterocycles. The SMILES string of the molecule is C=CCNC(=O)c1cnn(-c2ccc(-c3nc(C)no3)cn2)c1C. The van der Waals surface area contributed by atoms with Crippen molar-refractivity contribution in [3.8, 4) is 17.3 Å². The quantitative estimate of drug-likeness (QED) is 0.719. The van der Waals surface area contributed by atoms with Crippen molar-refractivity contribution in [3.63, 3.8) is 0 Å². The third-order valence-corrected chi connectivity index (χ3v) is 3.40. The average molecular weight is 324 g/mol. The Morgan fingerprint density at radius 1 is 1.38 bits per heavy atom. The molecule has 8 heteroatoms. The lowest BCUT2D eigenvalue weighted by Crippen LogP contribution is -2.23. The van der Waals surface area contributed by atoms with Gasteiger partial charge < -0.3 is 9.84 Å². The lowest BCUT2D eigenvalue weighted by atomic mass is 10.2. The molecule has 0 saturated carbocycles. The van der Waals surface area contributed by atoms with Crippen LogP contribution in [0.15, 0.2) is 41.7 Å². The molecule has 0 atom stereocenters. The third-order valence-electron chi connectivity index (χ3n) is 3.40. The van der Waals surface area contributed by atoms with E-state index in [0.717, 1.165) is 0 Å². The van der Waals surface area contributed by atoms with E-state index in [9.17, 15) is 4.79 Å². The first-order chi connectivity index (χ1) is 11.6. The van der Waals surface area contributed by atoms with Gasteiger partial charge in [0, 0.05) is 12.7 Å². The number of aromatic nitrogens is 5. The minimum atomic E-state index is -0.198. The average Bonchev–Trinajstić information content (AvgIpc) is 3.19. The number of pyridine rings is 1. The van der Waals surface area contributed by atoms with Gasteiger partial charge in [-0.15, -0.1) is 6.58 Å². The van der Waals surface area contributed by atoms with Crippen LogP contribution in [0.2, 0.25) is 0 Å². The molecule has 24 heavy (non-hydrogen) atoms. The summed E-state index contributed by atoms with van der Waals surface area (Å²) in [4.78, 5) is 20.6. The molecule has 3 heterocycles. The van der Waals surface area contributed by atoms with Crippen molar-refractivity contribution in [2.45, 2.75) is 13.8 Å². The maximum absolute atomic E-state index is 12.1. The van der Waals surface area contributed by atoms with Crippen molar-refractivity contribution >= 4 is 5.91 Å². The van der Waals surface area contributed by atoms with Gasteiger partial charge in [0.05, 0.1) is 23.0 Å². The molecule has 0 saturated heterocycles. The molecule has 122 valence electrons. The van der Waals surface area contributed by atoms with Crippen LogP contribution in [-0.2, 0) is 0 Å². The van der Waals surface area contributed by atoms with E-state index in [-0.39, 0.29) is 5.91 Å². The van der Waals surface area contributed by atoms with Gasteiger partial charge in [-0.1, -0.05) is 11.2 Å². The number of carbonyl (C=O) groups is 1.